The van der Waals surface area contributed by atoms with E-state index in [-0.39, 0.29) is 0 Å². The lowest BCUT2D eigenvalue weighted by Gasteiger charge is -2.30. The predicted octanol–water partition coefficient (Wildman–Crippen LogP) is 3.07. The summed E-state index contributed by atoms with van der Waals surface area (Å²) in [5.74, 6) is 1.18. The van der Waals surface area contributed by atoms with Gasteiger partial charge in [-0.25, -0.2) is 0 Å². The molecule has 0 bridgehead atoms. The first kappa shape index (κ1) is 15.4. The molecule has 1 atom stereocenters. The van der Waals surface area contributed by atoms with Gasteiger partial charge in [-0.1, -0.05) is 19.1 Å². The molecule has 1 rings (SSSR count). The molecule has 0 fully saturated rings. The molecule has 0 aromatic heterocycles. The maximum absolute atomic E-state index is 5.60. The lowest BCUT2D eigenvalue weighted by molar-refractivity contribution is 0.671. The summed E-state index contributed by atoms with van der Waals surface area (Å²) >= 11 is 1.92. The van der Waals surface area contributed by atoms with E-state index >= 15 is 0 Å². The minimum absolute atomic E-state index is 0.610. The van der Waals surface area contributed by atoms with Gasteiger partial charge in [-0.3, -0.25) is 0 Å². The zero-order chi connectivity index (χ0) is 13.5. The molecule has 1 aromatic carbocycles. The van der Waals surface area contributed by atoms with Crippen LogP contribution >= 0.6 is 11.8 Å². The van der Waals surface area contributed by atoms with Gasteiger partial charge in [0.25, 0.3) is 0 Å². The zero-order valence-electron chi connectivity index (χ0n) is 12.1. The molecular weight excluding hydrogens is 240 g/mol. The van der Waals surface area contributed by atoms with Crippen LogP contribution in [0.25, 0.3) is 0 Å². The Morgan fingerprint density at radius 3 is 2.61 bits per heavy atom. The van der Waals surface area contributed by atoms with Crippen LogP contribution in [0.2, 0.25) is 0 Å². The van der Waals surface area contributed by atoms with Gasteiger partial charge in [0.1, 0.15) is 0 Å². The first-order valence-corrected chi connectivity index (χ1v) is 8.04. The SMILES string of the molecule is CCC(CSC)N(C)c1ccc(CCN)cc1C. The van der Waals surface area contributed by atoms with Crippen molar-refractivity contribution in [2.24, 2.45) is 5.73 Å². The highest BCUT2D eigenvalue weighted by molar-refractivity contribution is 7.98. The summed E-state index contributed by atoms with van der Waals surface area (Å²) in [6.45, 7) is 5.17. The third kappa shape index (κ3) is 3.92. The molecule has 2 nitrogen and oxygen atoms in total. The van der Waals surface area contributed by atoms with Gasteiger partial charge in [0.15, 0.2) is 0 Å². The van der Waals surface area contributed by atoms with Gasteiger partial charge < -0.3 is 10.6 Å². The van der Waals surface area contributed by atoms with Crippen molar-refractivity contribution in [3.05, 3.63) is 29.3 Å². The summed E-state index contributed by atoms with van der Waals surface area (Å²) < 4.78 is 0. The van der Waals surface area contributed by atoms with Crippen LogP contribution < -0.4 is 10.6 Å². The molecule has 18 heavy (non-hydrogen) atoms. The van der Waals surface area contributed by atoms with Gasteiger partial charge in [-0.15, -0.1) is 0 Å². The van der Waals surface area contributed by atoms with E-state index in [1.807, 2.05) is 11.8 Å². The molecule has 0 aliphatic heterocycles. The third-order valence-electron chi connectivity index (χ3n) is 3.45. The van der Waals surface area contributed by atoms with E-state index in [1.54, 1.807) is 0 Å². The van der Waals surface area contributed by atoms with Gasteiger partial charge in [0.2, 0.25) is 0 Å². The Hall–Kier alpha value is -0.670. The highest BCUT2D eigenvalue weighted by Gasteiger charge is 2.14. The van der Waals surface area contributed by atoms with Crippen LogP contribution in [0.3, 0.4) is 0 Å². The Balaban J connectivity index is 2.87. The summed E-state index contributed by atoms with van der Waals surface area (Å²) in [5.41, 5.74) is 9.64. The van der Waals surface area contributed by atoms with Crippen LogP contribution in [0.4, 0.5) is 5.69 Å². The molecule has 0 heterocycles. The monoisotopic (exact) mass is 266 g/mol. The van der Waals surface area contributed by atoms with Crippen LogP contribution in [0.15, 0.2) is 18.2 Å². The first-order valence-electron chi connectivity index (χ1n) is 6.65. The lowest BCUT2D eigenvalue weighted by Crippen LogP contribution is -2.33. The molecule has 0 radical (unpaired) electrons. The first-order chi connectivity index (χ1) is 8.63. The van der Waals surface area contributed by atoms with Crippen molar-refractivity contribution in [3.8, 4) is 0 Å². The number of aryl methyl sites for hydroxylation is 1. The normalized spacial score (nSPS) is 12.5. The Kier molecular flexibility index (Phi) is 6.58. The number of anilines is 1. The van der Waals surface area contributed by atoms with E-state index in [4.69, 9.17) is 5.73 Å². The molecule has 0 amide bonds. The highest BCUT2D eigenvalue weighted by Crippen LogP contribution is 2.24. The van der Waals surface area contributed by atoms with Crippen molar-refractivity contribution in [2.45, 2.75) is 32.7 Å². The van der Waals surface area contributed by atoms with E-state index in [2.05, 4.69) is 50.2 Å². The standard InChI is InChI=1S/C15H26N2S/c1-5-14(11-18-4)17(3)15-7-6-13(8-9-16)10-12(15)2/h6-7,10,14H,5,8-9,11,16H2,1-4H3. The summed E-state index contributed by atoms with van der Waals surface area (Å²) in [6, 6.07) is 7.32. The molecule has 0 saturated carbocycles. The fraction of sp³-hybridized carbons (Fsp3) is 0.600. The highest BCUT2D eigenvalue weighted by atomic mass is 32.2. The Labute approximate surface area is 116 Å². The number of hydrogen-bond acceptors (Lipinski definition) is 3. The van der Waals surface area contributed by atoms with Crippen LogP contribution in [0.1, 0.15) is 24.5 Å². The van der Waals surface area contributed by atoms with E-state index in [1.165, 1.54) is 29.0 Å². The molecule has 1 aromatic rings. The van der Waals surface area contributed by atoms with Crippen LogP contribution in [-0.4, -0.2) is 31.6 Å². The molecule has 0 aliphatic carbocycles. The van der Waals surface area contributed by atoms with Crippen LogP contribution in [-0.2, 0) is 6.42 Å². The number of thioether (sulfide) groups is 1. The molecule has 3 heteroatoms. The molecule has 1 unspecified atom stereocenters. The average molecular weight is 266 g/mol. The van der Waals surface area contributed by atoms with Crippen molar-refractivity contribution in [1.29, 1.82) is 0 Å². The van der Waals surface area contributed by atoms with Crippen LogP contribution in [0.5, 0.6) is 0 Å². The van der Waals surface area contributed by atoms with Gasteiger partial charge in [0.05, 0.1) is 0 Å². The fourth-order valence-electron chi connectivity index (χ4n) is 2.33. The van der Waals surface area contributed by atoms with Gasteiger partial charge in [-0.05, 0) is 49.8 Å². The van der Waals surface area contributed by atoms with Crippen molar-refractivity contribution in [2.75, 3.05) is 30.5 Å². The minimum Gasteiger partial charge on any atom is -0.371 e. The predicted molar refractivity (Wildman–Crippen MR) is 84.8 cm³/mol. The summed E-state index contributed by atoms with van der Waals surface area (Å²) in [6.07, 6.45) is 4.32. The third-order valence-corrected chi connectivity index (χ3v) is 4.17. The summed E-state index contributed by atoms with van der Waals surface area (Å²) in [4.78, 5) is 2.41. The number of rotatable bonds is 7. The van der Waals surface area contributed by atoms with Gasteiger partial charge >= 0.3 is 0 Å². The Morgan fingerprint density at radius 1 is 1.39 bits per heavy atom. The minimum atomic E-state index is 0.610. The zero-order valence-corrected chi connectivity index (χ0v) is 12.9. The maximum atomic E-state index is 5.60. The lowest BCUT2D eigenvalue weighted by atomic mass is 10.1. The van der Waals surface area contributed by atoms with E-state index in [9.17, 15) is 0 Å². The molecule has 0 saturated heterocycles. The van der Waals surface area contributed by atoms with Crippen molar-refractivity contribution in [3.63, 3.8) is 0 Å². The number of benzene rings is 1. The second-order valence-electron chi connectivity index (χ2n) is 4.79. The van der Waals surface area contributed by atoms with Crippen molar-refractivity contribution >= 4 is 17.4 Å². The fourth-order valence-corrected chi connectivity index (χ4v) is 3.17. The number of nitrogens with two attached hydrogens (primary N) is 1. The second kappa shape index (κ2) is 7.70. The molecule has 0 aliphatic rings. The number of hydrogen-bond donors (Lipinski definition) is 1. The molecular formula is C15H26N2S. The van der Waals surface area contributed by atoms with Gasteiger partial charge in [-0.2, -0.15) is 11.8 Å². The summed E-state index contributed by atoms with van der Waals surface area (Å²) in [5, 5.41) is 0. The quantitative estimate of drug-likeness (QED) is 0.822. The molecule has 2 N–H and O–H groups in total. The van der Waals surface area contributed by atoms with Crippen molar-refractivity contribution < 1.29 is 0 Å². The second-order valence-corrected chi connectivity index (χ2v) is 5.70. The largest absolute Gasteiger partial charge is 0.371 e. The van der Waals surface area contributed by atoms with E-state index in [0.717, 1.165) is 13.0 Å². The Morgan fingerprint density at radius 2 is 2.11 bits per heavy atom. The van der Waals surface area contributed by atoms with Crippen molar-refractivity contribution in [1.82, 2.24) is 0 Å². The van der Waals surface area contributed by atoms with E-state index in [0.29, 0.717) is 6.04 Å². The number of nitrogens with zero attached hydrogens (tertiary/aromatic N) is 1. The maximum Gasteiger partial charge on any atom is 0.0396 e. The van der Waals surface area contributed by atoms with E-state index < -0.39 is 0 Å². The average Bonchev–Trinajstić information content (AvgIpc) is 2.36. The Bertz CT molecular complexity index is 366. The smallest absolute Gasteiger partial charge is 0.0396 e. The topological polar surface area (TPSA) is 29.3 Å². The van der Waals surface area contributed by atoms with Gasteiger partial charge in [0, 0.05) is 24.5 Å². The summed E-state index contributed by atoms with van der Waals surface area (Å²) in [7, 11) is 2.20. The molecule has 102 valence electrons. The molecule has 0 spiro atoms. The van der Waals surface area contributed by atoms with Crippen LogP contribution in [0, 0.1) is 6.92 Å².